The fraction of sp³-hybridized carbons (Fsp3) is 0.306. The number of amides is 1. The Hall–Kier alpha value is -4.29. The van der Waals surface area contributed by atoms with Crippen LogP contribution in [0.2, 0.25) is 0 Å². The fourth-order valence-electron chi connectivity index (χ4n) is 5.58. The maximum atomic E-state index is 12.8. The minimum Gasteiger partial charge on any atom is -0.497 e. The molecule has 0 radical (unpaired) electrons. The van der Waals surface area contributed by atoms with Crippen molar-refractivity contribution in [2.24, 2.45) is 0 Å². The van der Waals surface area contributed by atoms with Crippen LogP contribution in [0.25, 0.3) is 0 Å². The Morgan fingerprint density at radius 3 is 2.14 bits per heavy atom. The molecule has 1 aliphatic heterocycles. The normalized spacial score (nSPS) is 14.0. The van der Waals surface area contributed by atoms with E-state index in [0.29, 0.717) is 29.5 Å². The Morgan fingerprint density at radius 2 is 1.50 bits per heavy atom. The first kappa shape index (κ1) is 29.2. The fourth-order valence-corrected chi connectivity index (χ4v) is 5.58. The predicted molar refractivity (Wildman–Crippen MR) is 167 cm³/mol. The summed E-state index contributed by atoms with van der Waals surface area (Å²) in [7, 11) is 3.27. The van der Waals surface area contributed by atoms with Gasteiger partial charge in [0.25, 0.3) is 5.91 Å². The van der Waals surface area contributed by atoms with Gasteiger partial charge in [-0.2, -0.15) is 0 Å². The van der Waals surface area contributed by atoms with Crippen molar-refractivity contribution < 1.29 is 19.0 Å². The van der Waals surface area contributed by atoms with Crippen LogP contribution in [0.15, 0.2) is 103 Å². The van der Waals surface area contributed by atoms with Gasteiger partial charge in [0.2, 0.25) is 0 Å². The molecule has 1 aliphatic rings. The van der Waals surface area contributed by atoms with Gasteiger partial charge in [-0.1, -0.05) is 72.8 Å². The molecule has 42 heavy (non-hydrogen) atoms. The molecule has 1 amide bonds. The first-order valence-corrected chi connectivity index (χ1v) is 14.7. The number of carbonyl (C=O) groups excluding carboxylic acids is 1. The quantitative estimate of drug-likeness (QED) is 0.217. The summed E-state index contributed by atoms with van der Waals surface area (Å²) in [6.07, 6.45) is 2.69. The van der Waals surface area contributed by atoms with Crippen molar-refractivity contribution in [3.63, 3.8) is 0 Å². The van der Waals surface area contributed by atoms with Gasteiger partial charge in [0, 0.05) is 37.7 Å². The third-order valence-corrected chi connectivity index (χ3v) is 7.93. The highest BCUT2D eigenvalue weighted by atomic mass is 16.5. The number of rotatable bonds is 12. The Morgan fingerprint density at radius 1 is 0.810 bits per heavy atom. The monoisotopic (exact) mass is 564 g/mol. The summed E-state index contributed by atoms with van der Waals surface area (Å²) in [5, 5.41) is 3.00. The molecule has 0 aromatic heterocycles. The zero-order chi connectivity index (χ0) is 29.1. The van der Waals surface area contributed by atoms with E-state index >= 15 is 0 Å². The summed E-state index contributed by atoms with van der Waals surface area (Å²) in [6.45, 7) is 3.44. The van der Waals surface area contributed by atoms with Crippen LogP contribution in [0.4, 0.5) is 0 Å². The molecule has 5 rings (SSSR count). The van der Waals surface area contributed by atoms with Gasteiger partial charge in [0.15, 0.2) is 11.5 Å². The van der Waals surface area contributed by atoms with Gasteiger partial charge in [-0.3, -0.25) is 4.79 Å². The molecule has 1 saturated heterocycles. The molecule has 218 valence electrons. The summed E-state index contributed by atoms with van der Waals surface area (Å²) < 4.78 is 17.3. The number of hydrogen-bond acceptors (Lipinski definition) is 5. The first-order chi connectivity index (χ1) is 20.6. The number of methoxy groups -OCH3 is 2. The third kappa shape index (κ3) is 7.71. The second-order valence-corrected chi connectivity index (χ2v) is 10.7. The zero-order valence-corrected chi connectivity index (χ0v) is 24.5. The molecule has 4 aromatic rings. The molecular weight excluding hydrogens is 524 g/mol. The molecule has 1 heterocycles. The van der Waals surface area contributed by atoms with Crippen molar-refractivity contribution in [2.75, 3.05) is 40.4 Å². The topological polar surface area (TPSA) is 60.0 Å². The zero-order valence-electron chi connectivity index (χ0n) is 24.5. The Kier molecular flexibility index (Phi) is 10.1. The molecule has 1 fully saturated rings. The second-order valence-electron chi connectivity index (χ2n) is 10.7. The number of nitrogens with zero attached hydrogens (tertiary/aromatic N) is 1. The molecule has 6 nitrogen and oxygen atoms in total. The summed E-state index contributed by atoms with van der Waals surface area (Å²) in [5.41, 5.74) is 4.35. The van der Waals surface area contributed by atoms with Crippen molar-refractivity contribution >= 4 is 5.91 Å². The summed E-state index contributed by atoms with van der Waals surface area (Å²) >= 11 is 0. The van der Waals surface area contributed by atoms with E-state index in [1.807, 2.05) is 30.3 Å². The third-order valence-electron chi connectivity index (χ3n) is 7.93. The van der Waals surface area contributed by atoms with Gasteiger partial charge in [0.1, 0.15) is 11.9 Å². The van der Waals surface area contributed by atoms with Crippen LogP contribution in [-0.2, 0) is 6.42 Å². The highest BCUT2D eigenvalue weighted by Crippen LogP contribution is 2.32. The number of likely N-dealkylation sites (tertiary alicyclic amines) is 1. The molecule has 0 unspecified atom stereocenters. The Bertz CT molecular complexity index is 1380. The van der Waals surface area contributed by atoms with Gasteiger partial charge in [0.05, 0.1) is 14.2 Å². The number of carbonyl (C=O) groups is 1. The van der Waals surface area contributed by atoms with Crippen LogP contribution in [0.5, 0.6) is 17.2 Å². The van der Waals surface area contributed by atoms with Gasteiger partial charge in [-0.15, -0.1) is 0 Å². The minimum atomic E-state index is -0.137. The van der Waals surface area contributed by atoms with Crippen molar-refractivity contribution in [1.82, 2.24) is 10.2 Å². The van der Waals surface area contributed by atoms with Gasteiger partial charge < -0.3 is 24.4 Å². The lowest BCUT2D eigenvalue weighted by Gasteiger charge is -2.35. The lowest BCUT2D eigenvalue weighted by Crippen LogP contribution is -2.40. The SMILES string of the molecule is COc1cccc(CCNC(=O)c2ccc(OC3CCN(CC(c4ccccc4)c4ccccc4)CC3)c(OC)c2)c1. The van der Waals surface area contributed by atoms with Crippen LogP contribution in [0.3, 0.4) is 0 Å². The summed E-state index contributed by atoms with van der Waals surface area (Å²) in [6, 6.07) is 34.8. The number of ether oxygens (including phenoxy) is 3. The lowest BCUT2D eigenvalue weighted by molar-refractivity contribution is 0.0947. The Balaban J connectivity index is 1.14. The summed E-state index contributed by atoms with van der Waals surface area (Å²) in [4.78, 5) is 15.4. The van der Waals surface area contributed by atoms with Gasteiger partial charge in [-0.25, -0.2) is 0 Å². The number of nitrogens with one attached hydrogen (secondary N) is 1. The molecule has 0 bridgehead atoms. The van der Waals surface area contributed by atoms with Crippen LogP contribution in [0.1, 0.15) is 45.8 Å². The second kappa shape index (κ2) is 14.6. The molecule has 4 aromatic carbocycles. The van der Waals surface area contributed by atoms with Crippen LogP contribution >= 0.6 is 0 Å². The van der Waals surface area contributed by atoms with Crippen LogP contribution in [-0.4, -0.2) is 57.3 Å². The molecule has 0 aliphatic carbocycles. The standard InChI is InChI=1S/C36H40N2O4/c1-40-32-15-9-10-27(24-32)18-21-37-36(39)30-16-17-34(35(25-30)41-2)42-31-19-22-38(23-20-31)26-33(28-11-5-3-6-12-28)29-13-7-4-8-14-29/h3-17,24-25,31,33H,18-23,26H2,1-2H3,(H,37,39). The molecule has 0 spiro atoms. The first-order valence-electron chi connectivity index (χ1n) is 14.7. The van der Waals surface area contributed by atoms with Gasteiger partial charge in [-0.05, 0) is 66.3 Å². The van der Waals surface area contributed by atoms with Crippen molar-refractivity contribution in [1.29, 1.82) is 0 Å². The molecule has 1 N–H and O–H groups in total. The van der Waals surface area contributed by atoms with E-state index < -0.39 is 0 Å². The Labute approximate surface area is 249 Å². The van der Waals surface area contributed by atoms with Gasteiger partial charge >= 0.3 is 0 Å². The molecule has 0 saturated carbocycles. The molecular formula is C36H40N2O4. The van der Waals surface area contributed by atoms with E-state index in [1.165, 1.54) is 11.1 Å². The smallest absolute Gasteiger partial charge is 0.251 e. The number of benzene rings is 4. The average Bonchev–Trinajstić information content (AvgIpc) is 3.05. The van der Waals surface area contributed by atoms with Crippen molar-refractivity contribution in [3.8, 4) is 17.2 Å². The maximum absolute atomic E-state index is 12.8. The largest absolute Gasteiger partial charge is 0.497 e. The van der Waals surface area contributed by atoms with E-state index in [0.717, 1.165) is 50.2 Å². The van der Waals surface area contributed by atoms with E-state index in [9.17, 15) is 4.79 Å². The van der Waals surface area contributed by atoms with Crippen LogP contribution in [0, 0.1) is 0 Å². The minimum absolute atomic E-state index is 0.101. The van der Waals surface area contributed by atoms with Crippen molar-refractivity contribution in [2.45, 2.75) is 31.3 Å². The maximum Gasteiger partial charge on any atom is 0.251 e. The highest BCUT2D eigenvalue weighted by molar-refractivity contribution is 5.94. The van der Waals surface area contributed by atoms with Crippen LogP contribution < -0.4 is 19.5 Å². The highest BCUT2D eigenvalue weighted by Gasteiger charge is 2.25. The molecule has 6 heteroatoms. The average molecular weight is 565 g/mol. The predicted octanol–water partition coefficient (Wildman–Crippen LogP) is 6.35. The van der Waals surface area contributed by atoms with E-state index in [1.54, 1.807) is 26.4 Å². The lowest BCUT2D eigenvalue weighted by atomic mass is 9.90. The van der Waals surface area contributed by atoms with E-state index in [-0.39, 0.29) is 12.0 Å². The van der Waals surface area contributed by atoms with E-state index in [4.69, 9.17) is 14.2 Å². The van der Waals surface area contributed by atoms with E-state index in [2.05, 4.69) is 70.9 Å². The number of hydrogen-bond donors (Lipinski definition) is 1. The summed E-state index contributed by atoms with van der Waals surface area (Å²) in [5.74, 6) is 2.26. The number of piperidine rings is 1. The molecule has 0 atom stereocenters. The van der Waals surface area contributed by atoms with Crippen molar-refractivity contribution in [3.05, 3.63) is 125 Å².